The number of carbonyl (C=O) groups is 1. The first-order chi connectivity index (χ1) is 7.44. The Morgan fingerprint density at radius 1 is 1.50 bits per heavy atom. The fourth-order valence-corrected chi connectivity index (χ4v) is 1.34. The predicted molar refractivity (Wildman–Crippen MR) is 64.3 cm³/mol. The summed E-state index contributed by atoms with van der Waals surface area (Å²) < 4.78 is 5.31. The molecule has 0 aromatic heterocycles. The summed E-state index contributed by atoms with van der Waals surface area (Å²) in [5.41, 5.74) is -0.125. The maximum absolute atomic E-state index is 11.6. The lowest BCUT2D eigenvalue weighted by atomic mass is 10.1. The molecule has 1 amide bonds. The Morgan fingerprint density at radius 3 is 2.62 bits per heavy atom. The molecule has 4 nitrogen and oxygen atoms in total. The molecule has 2 N–H and O–H groups in total. The van der Waals surface area contributed by atoms with E-state index in [4.69, 9.17) is 4.74 Å². The molecule has 1 aliphatic carbocycles. The van der Waals surface area contributed by atoms with Gasteiger partial charge in [0, 0.05) is 13.2 Å². The summed E-state index contributed by atoms with van der Waals surface area (Å²) in [7, 11) is 1.71. The normalized spacial score (nSPS) is 18.2. The number of nitrogens with one attached hydrogen (secondary N) is 2. The van der Waals surface area contributed by atoms with E-state index in [1.807, 2.05) is 20.8 Å². The highest BCUT2D eigenvalue weighted by Gasteiger charge is 2.25. The molecule has 0 heterocycles. The minimum absolute atomic E-state index is 0.109. The number of methoxy groups -OCH3 is 1. The Hall–Kier alpha value is -0.610. The fraction of sp³-hybridized carbons (Fsp3) is 0.917. The molecule has 16 heavy (non-hydrogen) atoms. The Kier molecular flexibility index (Phi) is 4.74. The van der Waals surface area contributed by atoms with Crippen LogP contribution in [0.25, 0.3) is 0 Å². The van der Waals surface area contributed by atoms with Crippen LogP contribution in [0.2, 0.25) is 0 Å². The first kappa shape index (κ1) is 13.5. The van der Waals surface area contributed by atoms with Crippen molar-refractivity contribution in [3.63, 3.8) is 0 Å². The van der Waals surface area contributed by atoms with Gasteiger partial charge in [0.1, 0.15) is 0 Å². The van der Waals surface area contributed by atoms with Crippen molar-refractivity contribution in [2.24, 2.45) is 0 Å². The van der Waals surface area contributed by atoms with Crippen LogP contribution in [-0.2, 0) is 9.53 Å². The van der Waals surface area contributed by atoms with Gasteiger partial charge in [0.25, 0.3) is 0 Å². The lowest BCUT2D eigenvalue weighted by molar-refractivity contribution is -0.123. The fourth-order valence-electron chi connectivity index (χ4n) is 1.34. The SMILES string of the molecule is COC(C)(C)CCNC(C)C(=O)NC1CC1. The lowest BCUT2D eigenvalue weighted by Crippen LogP contribution is -2.44. The van der Waals surface area contributed by atoms with Crippen molar-refractivity contribution in [3.8, 4) is 0 Å². The van der Waals surface area contributed by atoms with Crippen molar-refractivity contribution in [1.82, 2.24) is 10.6 Å². The van der Waals surface area contributed by atoms with Crippen molar-refractivity contribution in [2.75, 3.05) is 13.7 Å². The summed E-state index contributed by atoms with van der Waals surface area (Å²) in [6, 6.07) is 0.320. The number of rotatable bonds is 7. The molecule has 1 saturated carbocycles. The van der Waals surface area contributed by atoms with Crippen LogP contribution in [-0.4, -0.2) is 37.2 Å². The highest BCUT2D eigenvalue weighted by molar-refractivity contribution is 5.81. The molecular weight excluding hydrogens is 204 g/mol. The van der Waals surface area contributed by atoms with Crippen LogP contribution >= 0.6 is 0 Å². The smallest absolute Gasteiger partial charge is 0.237 e. The third-order valence-corrected chi connectivity index (χ3v) is 3.05. The number of amides is 1. The monoisotopic (exact) mass is 228 g/mol. The standard InChI is InChI=1S/C12H24N2O2/c1-9(11(15)14-10-5-6-10)13-8-7-12(2,3)16-4/h9-10,13H,5-8H2,1-4H3,(H,14,15). The third kappa shape index (κ3) is 4.94. The molecule has 4 heteroatoms. The van der Waals surface area contributed by atoms with E-state index in [-0.39, 0.29) is 17.6 Å². The molecule has 1 rings (SSSR count). The van der Waals surface area contributed by atoms with Crippen molar-refractivity contribution in [1.29, 1.82) is 0 Å². The lowest BCUT2D eigenvalue weighted by Gasteiger charge is -2.24. The largest absolute Gasteiger partial charge is 0.379 e. The van der Waals surface area contributed by atoms with Crippen LogP contribution < -0.4 is 10.6 Å². The van der Waals surface area contributed by atoms with Crippen LogP contribution in [0.4, 0.5) is 0 Å². The molecular formula is C12H24N2O2. The van der Waals surface area contributed by atoms with Crippen molar-refractivity contribution in [3.05, 3.63) is 0 Å². The van der Waals surface area contributed by atoms with Gasteiger partial charge >= 0.3 is 0 Å². The molecule has 1 atom stereocenters. The third-order valence-electron chi connectivity index (χ3n) is 3.05. The molecule has 0 spiro atoms. The minimum Gasteiger partial charge on any atom is -0.379 e. The van der Waals surface area contributed by atoms with Gasteiger partial charge in [-0.2, -0.15) is 0 Å². The van der Waals surface area contributed by atoms with Gasteiger partial charge in [-0.25, -0.2) is 0 Å². The van der Waals surface area contributed by atoms with E-state index in [0.29, 0.717) is 6.04 Å². The Labute approximate surface area is 98.1 Å². The van der Waals surface area contributed by atoms with Crippen LogP contribution in [0, 0.1) is 0 Å². The highest BCUT2D eigenvalue weighted by Crippen LogP contribution is 2.18. The molecule has 0 aliphatic heterocycles. The second kappa shape index (κ2) is 5.64. The second-order valence-corrected chi connectivity index (χ2v) is 5.17. The van der Waals surface area contributed by atoms with Gasteiger partial charge in [-0.1, -0.05) is 0 Å². The zero-order valence-corrected chi connectivity index (χ0v) is 10.8. The number of hydrogen-bond acceptors (Lipinski definition) is 3. The quantitative estimate of drug-likeness (QED) is 0.685. The van der Waals surface area contributed by atoms with Crippen LogP contribution in [0.5, 0.6) is 0 Å². The van der Waals surface area contributed by atoms with Gasteiger partial charge in [0.15, 0.2) is 0 Å². The van der Waals surface area contributed by atoms with E-state index in [1.165, 1.54) is 0 Å². The topological polar surface area (TPSA) is 50.4 Å². The molecule has 1 fully saturated rings. The summed E-state index contributed by atoms with van der Waals surface area (Å²) in [6.07, 6.45) is 3.16. The summed E-state index contributed by atoms with van der Waals surface area (Å²) in [5, 5.41) is 6.20. The molecule has 0 bridgehead atoms. The molecule has 94 valence electrons. The van der Waals surface area contributed by atoms with Gasteiger partial charge in [0.2, 0.25) is 5.91 Å². The van der Waals surface area contributed by atoms with Gasteiger partial charge in [0.05, 0.1) is 11.6 Å². The molecule has 0 radical (unpaired) electrons. The Morgan fingerprint density at radius 2 is 2.12 bits per heavy atom. The van der Waals surface area contributed by atoms with Crippen LogP contribution in [0.3, 0.4) is 0 Å². The van der Waals surface area contributed by atoms with E-state index in [1.54, 1.807) is 7.11 Å². The maximum atomic E-state index is 11.6. The summed E-state index contributed by atoms with van der Waals surface area (Å²) in [5.74, 6) is 0.109. The van der Waals surface area contributed by atoms with Crippen molar-refractivity contribution >= 4 is 5.91 Å². The summed E-state index contributed by atoms with van der Waals surface area (Å²) in [4.78, 5) is 11.6. The predicted octanol–water partition coefficient (Wildman–Crippen LogP) is 1.06. The van der Waals surface area contributed by atoms with Gasteiger partial charge in [-0.3, -0.25) is 4.79 Å². The van der Waals surface area contributed by atoms with Crippen LogP contribution in [0.15, 0.2) is 0 Å². The number of ether oxygens (including phenoxy) is 1. The average molecular weight is 228 g/mol. The minimum atomic E-state index is -0.125. The van der Waals surface area contributed by atoms with Crippen molar-refractivity contribution < 1.29 is 9.53 Å². The number of carbonyl (C=O) groups excluding carboxylic acids is 1. The van der Waals surface area contributed by atoms with Gasteiger partial charge < -0.3 is 15.4 Å². The molecule has 1 unspecified atom stereocenters. The zero-order valence-electron chi connectivity index (χ0n) is 10.8. The van der Waals surface area contributed by atoms with E-state index in [0.717, 1.165) is 25.8 Å². The Balaban J connectivity index is 2.13. The maximum Gasteiger partial charge on any atom is 0.237 e. The average Bonchev–Trinajstić information content (AvgIpc) is 3.01. The van der Waals surface area contributed by atoms with E-state index in [2.05, 4.69) is 10.6 Å². The zero-order chi connectivity index (χ0) is 12.2. The van der Waals surface area contributed by atoms with Crippen molar-refractivity contribution in [2.45, 2.75) is 57.7 Å². The molecule has 0 aromatic carbocycles. The first-order valence-electron chi connectivity index (χ1n) is 6.03. The van der Waals surface area contributed by atoms with Crippen LogP contribution in [0.1, 0.15) is 40.0 Å². The number of hydrogen-bond donors (Lipinski definition) is 2. The molecule has 1 aliphatic rings. The van der Waals surface area contributed by atoms with E-state index in [9.17, 15) is 4.79 Å². The summed E-state index contributed by atoms with van der Waals surface area (Å²) in [6.45, 7) is 6.78. The second-order valence-electron chi connectivity index (χ2n) is 5.17. The first-order valence-corrected chi connectivity index (χ1v) is 6.03. The Bertz CT molecular complexity index is 237. The van der Waals surface area contributed by atoms with E-state index >= 15 is 0 Å². The molecule has 0 aromatic rings. The summed E-state index contributed by atoms with van der Waals surface area (Å²) >= 11 is 0. The van der Waals surface area contributed by atoms with E-state index < -0.39 is 0 Å². The highest BCUT2D eigenvalue weighted by atomic mass is 16.5. The molecule has 0 saturated heterocycles. The van der Waals surface area contributed by atoms with Gasteiger partial charge in [-0.15, -0.1) is 0 Å². The van der Waals surface area contributed by atoms with Gasteiger partial charge in [-0.05, 0) is 46.6 Å².